The summed E-state index contributed by atoms with van der Waals surface area (Å²) in [5, 5.41) is 64.6. The van der Waals surface area contributed by atoms with Crippen LogP contribution in [0.3, 0.4) is 0 Å². The monoisotopic (exact) mass is 833 g/mol. The number of H-pyrrole nitrogens is 1. The van der Waals surface area contributed by atoms with E-state index in [1.165, 1.54) is 43.7 Å². The Morgan fingerprint density at radius 3 is 1.68 bits per heavy atom. The first-order valence-electron chi connectivity index (χ1n) is 19.2. The van der Waals surface area contributed by atoms with Gasteiger partial charge >= 0.3 is 5.97 Å². The van der Waals surface area contributed by atoms with Crippen molar-refractivity contribution < 1.29 is 59.1 Å². The number of hydrogen-bond acceptors (Lipinski definition) is 13. The molecule has 6 amide bonds. The molecule has 0 aliphatic rings. The van der Waals surface area contributed by atoms with Crippen LogP contribution in [-0.2, 0) is 46.4 Å². The van der Waals surface area contributed by atoms with Crippen LogP contribution in [0.25, 0.3) is 0 Å². The van der Waals surface area contributed by atoms with E-state index >= 15 is 0 Å². The van der Waals surface area contributed by atoms with Crippen LogP contribution in [0.4, 0.5) is 0 Å². The molecule has 0 fully saturated rings. The lowest BCUT2D eigenvalue weighted by Crippen LogP contribution is -2.63. The predicted molar refractivity (Wildman–Crippen MR) is 211 cm³/mol. The van der Waals surface area contributed by atoms with Gasteiger partial charge in [0.1, 0.15) is 42.0 Å². The molecule has 1 aromatic carbocycles. The summed E-state index contributed by atoms with van der Waals surface area (Å²) in [6, 6.07) is -4.62. The molecule has 1 aromatic heterocycles. The number of benzene rings is 1. The second kappa shape index (κ2) is 23.7. The Balaban J connectivity index is 2.20. The summed E-state index contributed by atoms with van der Waals surface area (Å²) in [7, 11) is 0. The van der Waals surface area contributed by atoms with E-state index in [1.807, 2.05) is 0 Å². The van der Waals surface area contributed by atoms with Crippen molar-refractivity contribution in [2.45, 2.75) is 122 Å². The van der Waals surface area contributed by atoms with Crippen LogP contribution in [0, 0.1) is 11.8 Å². The minimum atomic E-state index is -1.74. The minimum absolute atomic E-state index is 0.0206. The molecule has 10 atom stereocenters. The fourth-order valence-electron chi connectivity index (χ4n) is 5.76. The molecule has 0 radical (unpaired) electrons. The molecule has 2 rings (SSSR count). The number of aromatic nitrogens is 2. The number of phenolic OH excluding ortho intramolecular Hbond substituents is 1. The first kappa shape index (κ1) is 49.5. The molecule has 59 heavy (non-hydrogen) atoms. The lowest BCUT2D eigenvalue weighted by molar-refractivity contribution is -0.143. The van der Waals surface area contributed by atoms with Gasteiger partial charge in [-0.15, -0.1) is 0 Å². The maximum absolute atomic E-state index is 13.8. The number of hydrogen-bond donors (Lipinski definition) is 13. The minimum Gasteiger partial charge on any atom is -0.508 e. The number of amides is 6. The molecule has 14 N–H and O–H groups in total. The van der Waals surface area contributed by atoms with Crippen molar-refractivity contribution >= 4 is 41.4 Å². The summed E-state index contributed by atoms with van der Waals surface area (Å²) < 4.78 is 0. The van der Waals surface area contributed by atoms with Gasteiger partial charge in [-0.2, -0.15) is 0 Å². The van der Waals surface area contributed by atoms with E-state index < -0.39 is 108 Å². The fourth-order valence-corrected chi connectivity index (χ4v) is 5.76. The number of aliphatic hydroxyl groups is 3. The molecule has 328 valence electrons. The summed E-state index contributed by atoms with van der Waals surface area (Å²) >= 11 is 0. The second-order valence-corrected chi connectivity index (χ2v) is 14.9. The molecule has 0 aliphatic carbocycles. The summed E-state index contributed by atoms with van der Waals surface area (Å²) in [6.45, 7) is 8.41. The average molecular weight is 834 g/mol. The number of aliphatic hydroxyl groups excluding tert-OH is 3. The number of imidazole rings is 1. The predicted octanol–water partition coefficient (Wildman–Crippen LogP) is -2.93. The quantitative estimate of drug-likeness (QED) is 0.0504. The Hall–Kier alpha value is -5.64. The van der Waals surface area contributed by atoms with Gasteiger partial charge in [0, 0.05) is 24.7 Å². The number of nitrogens with two attached hydrogens (primary N) is 1. The third-order valence-electron chi connectivity index (χ3n) is 9.40. The average Bonchev–Trinajstić information content (AvgIpc) is 3.69. The zero-order valence-corrected chi connectivity index (χ0v) is 34.0. The molecule has 21 heteroatoms. The molecular formula is C38H59N9O12. The largest absolute Gasteiger partial charge is 0.508 e. The zero-order valence-electron chi connectivity index (χ0n) is 34.0. The van der Waals surface area contributed by atoms with Crippen molar-refractivity contribution in [3.63, 3.8) is 0 Å². The van der Waals surface area contributed by atoms with E-state index in [0.717, 1.165) is 6.92 Å². The number of carbonyl (C=O) groups is 7. The van der Waals surface area contributed by atoms with Crippen LogP contribution in [0.1, 0.15) is 65.6 Å². The molecule has 0 saturated heterocycles. The molecule has 21 nitrogen and oxygen atoms in total. The molecule has 0 aliphatic heterocycles. The number of aromatic amines is 1. The number of carboxylic acid groups (broad SMARTS) is 1. The highest BCUT2D eigenvalue weighted by atomic mass is 16.4. The SMILES string of the molecule is CC[C@H](C)[C@H](NC(=O)[C@H](CO)NC(=O)[C@@H](N)Cc1cnc[nH]1)C(=O)N[C@@H](CC(C)C)C(=O)N[C@H](C(=O)N[C@H](C(=O)N[C@@H](Cc1ccc(O)cc1)C(=O)O)[C@@H](C)O)[C@@H](C)O. The number of carboxylic acids is 1. The molecule has 0 bridgehead atoms. The van der Waals surface area contributed by atoms with Gasteiger partial charge < -0.3 is 68.2 Å². The Morgan fingerprint density at radius 2 is 1.19 bits per heavy atom. The van der Waals surface area contributed by atoms with Gasteiger partial charge in [0.25, 0.3) is 0 Å². The molecule has 1 heterocycles. The summed E-state index contributed by atoms with van der Waals surface area (Å²) in [5.74, 6) is -7.82. The van der Waals surface area contributed by atoms with Crippen molar-refractivity contribution in [2.24, 2.45) is 17.6 Å². The van der Waals surface area contributed by atoms with Crippen molar-refractivity contribution in [1.29, 1.82) is 0 Å². The third kappa shape index (κ3) is 15.9. The second-order valence-electron chi connectivity index (χ2n) is 14.9. The Labute approximate surface area is 341 Å². The Morgan fingerprint density at radius 1 is 0.695 bits per heavy atom. The number of aliphatic carboxylic acids is 1. The standard InChI is InChI=1S/C38H59N9O12/c1-7-19(4)29(45-34(54)28(16-48)44-32(52)25(39)14-23-15-40-17-41-23)35(55)42-26(12-18(2)3)33(53)46-31(21(6)50)37(57)47-30(20(5)49)36(56)43-27(38(58)59)13-22-8-10-24(51)11-9-22/h8-11,15,17-21,25-31,48-51H,7,12-14,16,39H2,1-6H3,(H,40,41)(H,42,55)(H,43,56)(H,44,52)(H,45,54)(H,46,53)(H,47,57)(H,58,59)/t19-,20+,21+,25-,26-,27-,28-,29-,30-,31-/m0/s1. The van der Waals surface area contributed by atoms with E-state index in [2.05, 4.69) is 41.9 Å². The highest BCUT2D eigenvalue weighted by Crippen LogP contribution is 2.14. The van der Waals surface area contributed by atoms with Gasteiger partial charge in [0.15, 0.2) is 0 Å². The number of carbonyl (C=O) groups excluding carboxylic acids is 6. The lowest BCUT2D eigenvalue weighted by atomic mass is 9.96. The number of rotatable bonds is 24. The van der Waals surface area contributed by atoms with Gasteiger partial charge in [0.2, 0.25) is 35.4 Å². The first-order valence-corrected chi connectivity index (χ1v) is 19.2. The maximum Gasteiger partial charge on any atom is 0.326 e. The molecular weight excluding hydrogens is 774 g/mol. The molecule has 0 unspecified atom stereocenters. The molecule has 2 aromatic rings. The number of aromatic hydroxyl groups is 1. The van der Waals surface area contributed by atoms with Gasteiger partial charge in [-0.05, 0) is 49.8 Å². The smallest absolute Gasteiger partial charge is 0.326 e. The summed E-state index contributed by atoms with van der Waals surface area (Å²) in [5.41, 5.74) is 6.97. The van der Waals surface area contributed by atoms with Crippen LogP contribution in [-0.4, -0.2) is 138 Å². The fraction of sp³-hybridized carbons (Fsp3) is 0.579. The van der Waals surface area contributed by atoms with Gasteiger partial charge in [0.05, 0.1) is 31.2 Å². The maximum atomic E-state index is 13.8. The lowest BCUT2D eigenvalue weighted by Gasteiger charge is -2.30. The van der Waals surface area contributed by atoms with Gasteiger partial charge in [-0.3, -0.25) is 28.8 Å². The molecule has 0 spiro atoms. The van der Waals surface area contributed by atoms with Crippen LogP contribution >= 0.6 is 0 Å². The van der Waals surface area contributed by atoms with Crippen molar-refractivity contribution in [3.8, 4) is 5.75 Å². The van der Waals surface area contributed by atoms with Crippen LogP contribution < -0.4 is 37.6 Å². The number of nitrogens with one attached hydrogen (secondary N) is 7. The van der Waals surface area contributed by atoms with Crippen LogP contribution in [0.15, 0.2) is 36.8 Å². The van der Waals surface area contributed by atoms with Crippen molar-refractivity contribution in [2.75, 3.05) is 6.61 Å². The van der Waals surface area contributed by atoms with E-state index in [4.69, 9.17) is 5.73 Å². The Kier molecular flexibility index (Phi) is 19.9. The zero-order chi connectivity index (χ0) is 44.6. The Bertz CT molecular complexity index is 1710. The summed E-state index contributed by atoms with van der Waals surface area (Å²) in [4.78, 5) is 98.8. The van der Waals surface area contributed by atoms with E-state index in [-0.39, 0.29) is 30.9 Å². The third-order valence-corrected chi connectivity index (χ3v) is 9.40. The van der Waals surface area contributed by atoms with Crippen LogP contribution in [0.5, 0.6) is 5.75 Å². The number of nitrogens with zero attached hydrogens (tertiary/aromatic N) is 1. The van der Waals surface area contributed by atoms with E-state index in [9.17, 15) is 59.1 Å². The van der Waals surface area contributed by atoms with Crippen molar-refractivity contribution in [1.82, 2.24) is 41.9 Å². The van der Waals surface area contributed by atoms with Crippen LogP contribution in [0.2, 0.25) is 0 Å². The van der Waals surface area contributed by atoms with Gasteiger partial charge in [-0.25, -0.2) is 9.78 Å². The van der Waals surface area contributed by atoms with Crippen molar-refractivity contribution in [3.05, 3.63) is 48.0 Å². The topological polar surface area (TPSA) is 348 Å². The molecule has 0 saturated carbocycles. The summed E-state index contributed by atoms with van der Waals surface area (Å²) in [6.07, 6.45) is -0.0359. The van der Waals surface area contributed by atoms with Gasteiger partial charge in [-0.1, -0.05) is 46.2 Å². The highest BCUT2D eigenvalue weighted by molar-refractivity contribution is 5.97. The normalized spacial score (nSPS) is 16.4. The van der Waals surface area contributed by atoms with E-state index in [0.29, 0.717) is 17.7 Å². The first-order chi connectivity index (χ1) is 27.7. The number of phenols is 1. The van der Waals surface area contributed by atoms with E-state index in [1.54, 1.807) is 27.7 Å². The highest BCUT2D eigenvalue weighted by Gasteiger charge is 2.37.